The van der Waals surface area contributed by atoms with E-state index in [-0.39, 0.29) is 13.2 Å². The molecule has 0 aliphatic carbocycles. The Hall–Kier alpha value is -1.32. The molecule has 6 nitrogen and oxygen atoms in total. The van der Waals surface area contributed by atoms with Gasteiger partial charge in [-0.1, -0.05) is 12.8 Å². The maximum Gasteiger partial charge on any atom is 0.234 e. The Balaban J connectivity index is 0. The van der Waals surface area contributed by atoms with Crippen LogP contribution in [0.4, 0.5) is 0 Å². The zero-order valence-corrected chi connectivity index (χ0v) is 9.26. The highest BCUT2D eigenvalue weighted by Gasteiger charge is 1.87. The van der Waals surface area contributed by atoms with Crippen molar-refractivity contribution in [2.75, 3.05) is 26.3 Å². The third kappa shape index (κ3) is 23.0. The lowest BCUT2D eigenvalue weighted by atomic mass is 10.2. The van der Waals surface area contributed by atoms with Crippen LogP contribution in [0, 0.1) is 0 Å². The fraction of sp³-hybridized carbons (Fsp3) is 0.800. The van der Waals surface area contributed by atoms with E-state index in [2.05, 4.69) is 9.98 Å². The lowest BCUT2D eigenvalue weighted by molar-refractivity contribution is 0.186. The van der Waals surface area contributed by atoms with Gasteiger partial charge in [0, 0.05) is 0 Å². The van der Waals surface area contributed by atoms with Gasteiger partial charge in [-0.05, 0) is 12.8 Å². The van der Waals surface area contributed by atoms with Gasteiger partial charge in [-0.3, -0.25) is 0 Å². The van der Waals surface area contributed by atoms with Crippen LogP contribution in [0.25, 0.3) is 0 Å². The van der Waals surface area contributed by atoms with E-state index in [0.29, 0.717) is 13.1 Å². The van der Waals surface area contributed by atoms with Crippen molar-refractivity contribution in [2.24, 2.45) is 9.98 Å². The minimum Gasteiger partial charge on any atom is -0.394 e. The molecule has 92 valence electrons. The lowest BCUT2D eigenvalue weighted by Crippen LogP contribution is -1.85. The smallest absolute Gasteiger partial charge is 0.234 e. The minimum atomic E-state index is -0.125. The Kier molecular flexibility index (Phi) is 20.6. The molecule has 0 bridgehead atoms. The van der Waals surface area contributed by atoms with Crippen LogP contribution in [0.1, 0.15) is 25.7 Å². The molecule has 0 rings (SSSR count). The SMILES string of the molecule is O=C=NCCCCCCN=C=O.OCCO. The predicted octanol–water partition coefficient (Wildman–Crippen LogP) is 0.189. The van der Waals surface area contributed by atoms with Crippen molar-refractivity contribution < 1.29 is 19.8 Å². The van der Waals surface area contributed by atoms with Crippen LogP contribution in [0.15, 0.2) is 9.98 Å². The van der Waals surface area contributed by atoms with Gasteiger partial charge in [-0.25, -0.2) is 19.6 Å². The molecule has 0 heterocycles. The molecule has 0 unspecified atom stereocenters. The van der Waals surface area contributed by atoms with Gasteiger partial charge < -0.3 is 10.2 Å². The standard InChI is InChI=1S/C8H12N2O2.C2H6O2/c11-7-9-5-3-1-2-4-6-10-8-12;3-1-2-4/h1-6H2;3-4H,1-2H2. The summed E-state index contributed by atoms with van der Waals surface area (Å²) in [6.45, 7) is 0.862. The van der Waals surface area contributed by atoms with Crippen molar-refractivity contribution in [3.63, 3.8) is 0 Å². The van der Waals surface area contributed by atoms with Gasteiger partial charge in [0.05, 0.1) is 26.3 Å². The molecule has 0 aliphatic heterocycles. The van der Waals surface area contributed by atoms with Crippen LogP contribution in [-0.2, 0) is 9.59 Å². The predicted molar refractivity (Wildman–Crippen MR) is 58.6 cm³/mol. The fourth-order valence-electron chi connectivity index (χ4n) is 0.827. The summed E-state index contributed by atoms with van der Waals surface area (Å²) in [6.07, 6.45) is 6.80. The van der Waals surface area contributed by atoms with Crippen molar-refractivity contribution in [2.45, 2.75) is 25.7 Å². The highest BCUT2D eigenvalue weighted by Crippen LogP contribution is 1.99. The van der Waals surface area contributed by atoms with E-state index in [1.54, 1.807) is 0 Å². The van der Waals surface area contributed by atoms with Crippen LogP contribution in [-0.4, -0.2) is 48.7 Å². The number of aliphatic hydroxyl groups is 2. The second-order valence-electron chi connectivity index (χ2n) is 2.81. The largest absolute Gasteiger partial charge is 0.394 e. The third-order valence-corrected chi connectivity index (χ3v) is 1.52. The highest BCUT2D eigenvalue weighted by molar-refractivity contribution is 5.32. The molecular formula is C10H18N2O4. The molecule has 16 heavy (non-hydrogen) atoms. The Morgan fingerprint density at radius 1 is 0.750 bits per heavy atom. The number of isocyanates is 2. The maximum atomic E-state index is 9.63. The van der Waals surface area contributed by atoms with Crippen molar-refractivity contribution in [3.05, 3.63) is 0 Å². The quantitative estimate of drug-likeness (QED) is 0.353. The van der Waals surface area contributed by atoms with Gasteiger partial charge in [0.2, 0.25) is 12.2 Å². The van der Waals surface area contributed by atoms with Crippen LogP contribution in [0.3, 0.4) is 0 Å². The monoisotopic (exact) mass is 230 g/mol. The molecule has 0 spiro atoms. The van der Waals surface area contributed by atoms with E-state index >= 15 is 0 Å². The van der Waals surface area contributed by atoms with Gasteiger partial charge in [-0.15, -0.1) is 0 Å². The number of hydrogen-bond acceptors (Lipinski definition) is 6. The Labute approximate surface area is 94.7 Å². The van der Waals surface area contributed by atoms with Crippen molar-refractivity contribution in [1.82, 2.24) is 0 Å². The Morgan fingerprint density at radius 2 is 1.12 bits per heavy atom. The minimum absolute atomic E-state index is 0.125. The zero-order chi connectivity index (χ0) is 12.5. The fourth-order valence-corrected chi connectivity index (χ4v) is 0.827. The van der Waals surface area contributed by atoms with E-state index in [4.69, 9.17) is 10.2 Å². The summed E-state index contributed by atoms with van der Waals surface area (Å²) < 4.78 is 0. The topological polar surface area (TPSA) is 99.3 Å². The summed E-state index contributed by atoms with van der Waals surface area (Å²) in [5.74, 6) is 0. The summed E-state index contributed by atoms with van der Waals surface area (Å²) in [7, 11) is 0. The molecule has 0 fully saturated rings. The van der Waals surface area contributed by atoms with Crippen molar-refractivity contribution in [1.29, 1.82) is 0 Å². The van der Waals surface area contributed by atoms with Gasteiger partial charge >= 0.3 is 0 Å². The summed E-state index contributed by atoms with van der Waals surface area (Å²) in [5.41, 5.74) is 0. The number of aliphatic imine (C=N–C) groups is 2. The van der Waals surface area contributed by atoms with Crippen LogP contribution >= 0.6 is 0 Å². The summed E-state index contributed by atoms with van der Waals surface area (Å²) in [6, 6.07) is 0. The molecule has 6 heteroatoms. The first kappa shape index (κ1) is 17.1. The summed E-state index contributed by atoms with van der Waals surface area (Å²) >= 11 is 0. The lowest BCUT2D eigenvalue weighted by Gasteiger charge is -1.93. The van der Waals surface area contributed by atoms with Gasteiger partial charge in [0.1, 0.15) is 0 Å². The van der Waals surface area contributed by atoms with Crippen molar-refractivity contribution >= 4 is 12.2 Å². The molecular weight excluding hydrogens is 212 g/mol. The molecule has 0 aromatic heterocycles. The second-order valence-corrected chi connectivity index (χ2v) is 2.81. The molecule has 0 atom stereocenters. The van der Waals surface area contributed by atoms with E-state index in [9.17, 15) is 9.59 Å². The Bertz CT molecular complexity index is 197. The maximum absolute atomic E-state index is 9.63. The molecule has 0 radical (unpaired) electrons. The first-order valence-corrected chi connectivity index (χ1v) is 5.12. The van der Waals surface area contributed by atoms with Crippen molar-refractivity contribution in [3.8, 4) is 0 Å². The molecule has 0 amide bonds. The third-order valence-electron chi connectivity index (χ3n) is 1.52. The van der Waals surface area contributed by atoms with E-state index in [1.807, 2.05) is 0 Å². The molecule has 0 aromatic rings. The molecule has 0 aromatic carbocycles. The van der Waals surface area contributed by atoms with E-state index < -0.39 is 0 Å². The summed E-state index contributed by atoms with van der Waals surface area (Å²) in [4.78, 5) is 26.1. The average molecular weight is 230 g/mol. The Morgan fingerprint density at radius 3 is 1.38 bits per heavy atom. The average Bonchev–Trinajstić information content (AvgIpc) is 2.33. The second kappa shape index (κ2) is 19.3. The normalized spacial score (nSPS) is 8.12. The van der Waals surface area contributed by atoms with Crippen LogP contribution < -0.4 is 0 Å². The molecule has 2 N–H and O–H groups in total. The first-order chi connectivity index (χ1) is 7.83. The number of aliphatic hydroxyl groups excluding tert-OH is 2. The number of unbranched alkanes of at least 4 members (excludes halogenated alkanes) is 3. The van der Waals surface area contributed by atoms with Gasteiger partial charge in [0.15, 0.2) is 0 Å². The van der Waals surface area contributed by atoms with E-state index in [0.717, 1.165) is 25.7 Å². The number of nitrogens with zero attached hydrogens (tertiary/aromatic N) is 2. The first-order valence-electron chi connectivity index (χ1n) is 5.12. The molecule has 0 saturated heterocycles. The van der Waals surface area contributed by atoms with Gasteiger partial charge in [0.25, 0.3) is 0 Å². The number of carbonyl (C=O) groups excluding carboxylic acids is 2. The number of rotatable bonds is 8. The van der Waals surface area contributed by atoms with Crippen LogP contribution in [0.2, 0.25) is 0 Å². The van der Waals surface area contributed by atoms with Gasteiger partial charge in [-0.2, -0.15) is 0 Å². The molecule has 0 aliphatic rings. The zero-order valence-electron chi connectivity index (χ0n) is 9.26. The van der Waals surface area contributed by atoms with E-state index in [1.165, 1.54) is 12.2 Å². The molecule has 0 saturated carbocycles. The highest BCUT2D eigenvalue weighted by atomic mass is 16.3. The van der Waals surface area contributed by atoms with Crippen LogP contribution in [0.5, 0.6) is 0 Å². The number of hydrogen-bond donors (Lipinski definition) is 2. The summed E-state index contributed by atoms with van der Waals surface area (Å²) in [5, 5.41) is 15.2.